The highest BCUT2D eigenvalue weighted by Gasteiger charge is 2.12. The Morgan fingerprint density at radius 1 is 0.857 bits per heavy atom. The average molecular weight is 304 g/mol. The summed E-state index contributed by atoms with van der Waals surface area (Å²) in [6, 6.07) is 21.7. The summed E-state index contributed by atoms with van der Waals surface area (Å²) in [6.45, 7) is 1.12. The molecule has 1 nitrogen and oxygen atoms in total. The van der Waals surface area contributed by atoms with Gasteiger partial charge in [-0.15, -0.1) is 12.4 Å². The van der Waals surface area contributed by atoms with Crippen molar-refractivity contribution < 1.29 is 0 Å². The van der Waals surface area contributed by atoms with Gasteiger partial charge in [-0.1, -0.05) is 60.7 Å². The lowest BCUT2D eigenvalue weighted by molar-refractivity contribution is 0.360. The van der Waals surface area contributed by atoms with Crippen molar-refractivity contribution in [1.29, 1.82) is 0 Å². The maximum atomic E-state index is 2.29. The first kappa shape index (κ1) is 17.7. The van der Waals surface area contributed by atoms with Gasteiger partial charge in [0, 0.05) is 6.54 Å². The summed E-state index contributed by atoms with van der Waals surface area (Å²) in [4.78, 5) is 2.29. The molecular formula is C19H26ClN. The van der Waals surface area contributed by atoms with Crippen molar-refractivity contribution in [1.82, 2.24) is 4.90 Å². The Morgan fingerprint density at radius 3 is 2.00 bits per heavy atom. The van der Waals surface area contributed by atoms with Crippen molar-refractivity contribution in [3.63, 3.8) is 0 Å². The monoisotopic (exact) mass is 303 g/mol. The lowest BCUT2D eigenvalue weighted by Gasteiger charge is -2.21. The third kappa shape index (κ3) is 6.33. The van der Waals surface area contributed by atoms with E-state index in [1.54, 1.807) is 0 Å². The summed E-state index contributed by atoms with van der Waals surface area (Å²) in [7, 11) is 4.32. The van der Waals surface area contributed by atoms with E-state index in [9.17, 15) is 0 Å². The van der Waals surface area contributed by atoms with Crippen LogP contribution in [0.1, 0.15) is 29.9 Å². The quantitative estimate of drug-likeness (QED) is 0.712. The highest BCUT2D eigenvalue weighted by Crippen LogP contribution is 2.22. The predicted molar refractivity (Wildman–Crippen MR) is 94.4 cm³/mol. The van der Waals surface area contributed by atoms with E-state index in [-0.39, 0.29) is 12.4 Å². The largest absolute Gasteiger partial charge is 0.309 e. The third-order valence-corrected chi connectivity index (χ3v) is 3.72. The smallest absolute Gasteiger partial charge is 0.00442 e. The lowest BCUT2D eigenvalue weighted by atomic mass is 9.92. The van der Waals surface area contributed by atoms with Crippen LogP contribution in [0.5, 0.6) is 0 Å². The van der Waals surface area contributed by atoms with E-state index < -0.39 is 0 Å². The summed E-state index contributed by atoms with van der Waals surface area (Å²) in [5, 5.41) is 0. The fourth-order valence-electron chi connectivity index (χ4n) is 2.73. The van der Waals surface area contributed by atoms with Gasteiger partial charge in [0.25, 0.3) is 0 Å². The number of rotatable bonds is 7. The Bertz CT molecular complexity index is 481. The summed E-state index contributed by atoms with van der Waals surface area (Å²) in [5.41, 5.74) is 2.92. The van der Waals surface area contributed by atoms with Crippen molar-refractivity contribution in [2.45, 2.75) is 25.2 Å². The fourth-order valence-corrected chi connectivity index (χ4v) is 2.73. The van der Waals surface area contributed by atoms with Crippen LogP contribution in [0.3, 0.4) is 0 Å². The van der Waals surface area contributed by atoms with Crippen molar-refractivity contribution in [2.24, 2.45) is 0 Å². The van der Waals surface area contributed by atoms with Gasteiger partial charge in [-0.05, 0) is 50.4 Å². The van der Waals surface area contributed by atoms with Crippen LogP contribution in [0.15, 0.2) is 60.7 Å². The van der Waals surface area contributed by atoms with Crippen LogP contribution in [0.4, 0.5) is 0 Å². The van der Waals surface area contributed by atoms with Crippen LogP contribution >= 0.6 is 12.4 Å². The van der Waals surface area contributed by atoms with Crippen molar-refractivity contribution in [3.8, 4) is 0 Å². The number of hydrogen-bond donors (Lipinski definition) is 0. The van der Waals surface area contributed by atoms with Gasteiger partial charge in [-0.2, -0.15) is 0 Å². The van der Waals surface area contributed by atoms with E-state index in [1.165, 1.54) is 30.4 Å². The summed E-state index contributed by atoms with van der Waals surface area (Å²) >= 11 is 0. The van der Waals surface area contributed by atoms with Crippen molar-refractivity contribution >= 4 is 12.4 Å². The van der Waals surface area contributed by atoms with Crippen LogP contribution in [-0.2, 0) is 6.42 Å². The molecule has 0 saturated carbocycles. The maximum absolute atomic E-state index is 2.29. The van der Waals surface area contributed by atoms with E-state index in [2.05, 4.69) is 79.7 Å². The molecule has 0 aliphatic carbocycles. The molecule has 0 spiro atoms. The molecule has 21 heavy (non-hydrogen) atoms. The number of hydrogen-bond acceptors (Lipinski definition) is 1. The fraction of sp³-hybridized carbons (Fsp3) is 0.368. The minimum atomic E-state index is 0. The summed E-state index contributed by atoms with van der Waals surface area (Å²) < 4.78 is 0. The molecule has 114 valence electrons. The zero-order valence-electron chi connectivity index (χ0n) is 13.0. The van der Waals surface area contributed by atoms with E-state index >= 15 is 0 Å². The molecule has 1 atom stereocenters. The van der Waals surface area contributed by atoms with Gasteiger partial charge in [0.05, 0.1) is 0 Å². The van der Waals surface area contributed by atoms with Gasteiger partial charge < -0.3 is 4.90 Å². The second-order valence-electron chi connectivity index (χ2n) is 5.75. The molecule has 2 aromatic carbocycles. The highest BCUT2D eigenvalue weighted by atomic mass is 35.5. The molecule has 0 bridgehead atoms. The van der Waals surface area contributed by atoms with Gasteiger partial charge in [0.2, 0.25) is 0 Å². The van der Waals surface area contributed by atoms with Crippen LogP contribution in [-0.4, -0.2) is 25.5 Å². The first-order valence-electron chi connectivity index (χ1n) is 7.49. The zero-order valence-corrected chi connectivity index (χ0v) is 13.9. The molecule has 0 saturated heterocycles. The second kappa shape index (κ2) is 9.59. The molecule has 0 aliphatic heterocycles. The Kier molecular flexibility index (Phi) is 8.11. The number of nitrogens with zero attached hydrogens (tertiary/aromatic N) is 1. The standard InChI is InChI=1S/C19H25N.ClH/c1-20(2)16-19(18-13-7-4-8-14-18)15-9-12-17-10-5-3-6-11-17;/h3-8,10-11,13-14,19H,9,12,15-16H2,1-2H3;1H. The Hall–Kier alpha value is -1.31. The normalized spacial score (nSPS) is 12.0. The van der Waals surface area contributed by atoms with Gasteiger partial charge in [-0.25, -0.2) is 0 Å². The minimum absolute atomic E-state index is 0. The SMILES string of the molecule is CN(C)CC(CCCc1ccccc1)c1ccccc1.Cl. The first-order valence-corrected chi connectivity index (χ1v) is 7.49. The molecule has 0 fully saturated rings. The molecule has 2 rings (SSSR count). The first-order chi connectivity index (χ1) is 9.75. The van der Waals surface area contributed by atoms with E-state index in [4.69, 9.17) is 0 Å². The molecule has 0 amide bonds. The van der Waals surface area contributed by atoms with Crippen LogP contribution < -0.4 is 0 Å². The van der Waals surface area contributed by atoms with Gasteiger partial charge >= 0.3 is 0 Å². The second-order valence-corrected chi connectivity index (χ2v) is 5.75. The molecule has 0 heterocycles. The Morgan fingerprint density at radius 2 is 1.43 bits per heavy atom. The highest BCUT2D eigenvalue weighted by molar-refractivity contribution is 5.85. The molecule has 2 aromatic rings. The molecule has 0 aliphatic rings. The van der Waals surface area contributed by atoms with E-state index in [0.717, 1.165) is 6.54 Å². The topological polar surface area (TPSA) is 3.24 Å². The Balaban J connectivity index is 0.00000220. The molecule has 2 heteroatoms. The molecule has 1 unspecified atom stereocenters. The van der Waals surface area contributed by atoms with Crippen LogP contribution in [0.25, 0.3) is 0 Å². The minimum Gasteiger partial charge on any atom is -0.309 e. The number of likely N-dealkylation sites (N-methyl/N-ethyl adjacent to an activating group) is 1. The molecule has 0 radical (unpaired) electrons. The van der Waals surface area contributed by atoms with Crippen LogP contribution in [0, 0.1) is 0 Å². The summed E-state index contributed by atoms with van der Waals surface area (Å²) in [5.74, 6) is 0.634. The van der Waals surface area contributed by atoms with Crippen molar-refractivity contribution in [3.05, 3.63) is 71.8 Å². The molecule has 0 aromatic heterocycles. The van der Waals surface area contributed by atoms with Crippen molar-refractivity contribution in [2.75, 3.05) is 20.6 Å². The number of halogens is 1. The summed E-state index contributed by atoms with van der Waals surface area (Å²) in [6.07, 6.45) is 3.67. The predicted octanol–water partition coefficient (Wildman–Crippen LogP) is 4.78. The molecule has 0 N–H and O–H groups in total. The van der Waals surface area contributed by atoms with E-state index in [1.807, 2.05) is 0 Å². The maximum Gasteiger partial charge on any atom is 0.00442 e. The van der Waals surface area contributed by atoms with Crippen LogP contribution in [0.2, 0.25) is 0 Å². The molecular weight excluding hydrogens is 278 g/mol. The van der Waals surface area contributed by atoms with E-state index in [0.29, 0.717) is 5.92 Å². The van der Waals surface area contributed by atoms with Gasteiger partial charge in [-0.3, -0.25) is 0 Å². The number of benzene rings is 2. The lowest BCUT2D eigenvalue weighted by Crippen LogP contribution is -2.20. The number of aryl methyl sites for hydroxylation is 1. The van der Waals surface area contributed by atoms with Gasteiger partial charge in [0.15, 0.2) is 0 Å². The third-order valence-electron chi connectivity index (χ3n) is 3.72. The average Bonchev–Trinajstić information content (AvgIpc) is 2.48. The Labute approximate surface area is 135 Å². The van der Waals surface area contributed by atoms with Gasteiger partial charge in [0.1, 0.15) is 0 Å². The zero-order chi connectivity index (χ0) is 14.2.